The Kier molecular flexibility index (Phi) is 5.97. The Labute approximate surface area is 102 Å². The number of carbonyl (C=O) groups is 2. The van der Waals surface area contributed by atoms with Gasteiger partial charge in [-0.1, -0.05) is 32.6 Å². The molecule has 1 fully saturated rings. The zero-order valence-electron chi connectivity index (χ0n) is 10.5. The molecule has 2 unspecified atom stereocenters. The Hall–Kier alpha value is -1.10. The minimum absolute atomic E-state index is 0.212. The molecule has 0 radical (unpaired) electrons. The molecule has 0 aromatic carbocycles. The van der Waals surface area contributed by atoms with E-state index in [-0.39, 0.29) is 5.91 Å². The standard InChI is InChI=1S/C12H21NO4/c1-3-4-5-6-7-8-13-11(14)9-10(17-9)12(15)16-2/h9-10H,3-8H2,1-2H3,(H,13,14). The van der Waals surface area contributed by atoms with Gasteiger partial charge in [-0.2, -0.15) is 0 Å². The third-order valence-electron chi connectivity index (χ3n) is 2.76. The third-order valence-corrected chi connectivity index (χ3v) is 2.76. The van der Waals surface area contributed by atoms with E-state index >= 15 is 0 Å². The van der Waals surface area contributed by atoms with Crippen LogP contribution in [-0.4, -0.2) is 37.7 Å². The summed E-state index contributed by atoms with van der Waals surface area (Å²) in [6.07, 6.45) is 4.42. The van der Waals surface area contributed by atoms with Crippen LogP contribution >= 0.6 is 0 Å². The van der Waals surface area contributed by atoms with Crippen LogP contribution in [0.4, 0.5) is 0 Å². The zero-order chi connectivity index (χ0) is 12.7. The highest BCUT2D eigenvalue weighted by atomic mass is 16.6. The molecule has 1 heterocycles. The number of amides is 1. The molecule has 1 amide bonds. The van der Waals surface area contributed by atoms with Crippen LogP contribution in [0.5, 0.6) is 0 Å². The largest absolute Gasteiger partial charge is 0.467 e. The highest BCUT2D eigenvalue weighted by Gasteiger charge is 2.51. The number of epoxide rings is 1. The molecular weight excluding hydrogens is 222 g/mol. The Morgan fingerprint density at radius 1 is 1.18 bits per heavy atom. The summed E-state index contributed by atoms with van der Waals surface area (Å²) in [6, 6.07) is 0. The fourth-order valence-corrected chi connectivity index (χ4v) is 1.65. The molecule has 0 spiro atoms. The van der Waals surface area contributed by atoms with Crippen molar-refractivity contribution in [2.75, 3.05) is 13.7 Å². The maximum Gasteiger partial charge on any atom is 0.338 e. The highest BCUT2D eigenvalue weighted by molar-refractivity contribution is 5.92. The molecule has 1 N–H and O–H groups in total. The number of esters is 1. The van der Waals surface area contributed by atoms with Gasteiger partial charge in [0.2, 0.25) is 0 Å². The van der Waals surface area contributed by atoms with Crippen LogP contribution in [0, 0.1) is 0 Å². The van der Waals surface area contributed by atoms with Crippen LogP contribution in [0.3, 0.4) is 0 Å². The molecule has 0 aromatic rings. The molecule has 2 atom stereocenters. The fourth-order valence-electron chi connectivity index (χ4n) is 1.65. The minimum atomic E-state index is -0.694. The summed E-state index contributed by atoms with van der Waals surface area (Å²) in [4.78, 5) is 22.5. The third kappa shape index (κ3) is 4.73. The van der Waals surface area contributed by atoms with Crippen LogP contribution in [0.2, 0.25) is 0 Å². The fraction of sp³-hybridized carbons (Fsp3) is 0.833. The number of unbranched alkanes of at least 4 members (excludes halogenated alkanes) is 4. The number of hydrogen-bond acceptors (Lipinski definition) is 4. The normalized spacial score (nSPS) is 22.0. The number of ether oxygens (including phenoxy) is 2. The van der Waals surface area contributed by atoms with Crippen molar-refractivity contribution in [3.8, 4) is 0 Å². The molecule has 98 valence electrons. The molecule has 1 aliphatic rings. The zero-order valence-corrected chi connectivity index (χ0v) is 10.5. The molecule has 0 aliphatic carbocycles. The average molecular weight is 243 g/mol. The van der Waals surface area contributed by atoms with E-state index < -0.39 is 18.2 Å². The maximum absolute atomic E-state index is 11.5. The monoisotopic (exact) mass is 243 g/mol. The smallest absolute Gasteiger partial charge is 0.338 e. The van der Waals surface area contributed by atoms with E-state index in [1.54, 1.807) is 0 Å². The lowest BCUT2D eigenvalue weighted by Gasteiger charge is -2.02. The number of hydrogen-bond donors (Lipinski definition) is 1. The van der Waals surface area contributed by atoms with Gasteiger partial charge in [0.25, 0.3) is 5.91 Å². The first-order chi connectivity index (χ1) is 8.20. The molecule has 1 rings (SSSR count). The Morgan fingerprint density at radius 2 is 1.88 bits per heavy atom. The van der Waals surface area contributed by atoms with Crippen LogP contribution in [0.15, 0.2) is 0 Å². The Balaban J connectivity index is 2.01. The lowest BCUT2D eigenvalue weighted by Crippen LogP contribution is -2.31. The summed E-state index contributed by atoms with van der Waals surface area (Å²) in [5.41, 5.74) is 0. The molecule has 0 aromatic heterocycles. The molecule has 5 heteroatoms. The van der Waals surface area contributed by atoms with Crippen LogP contribution < -0.4 is 5.32 Å². The van der Waals surface area contributed by atoms with Gasteiger partial charge in [-0.15, -0.1) is 0 Å². The number of carbonyl (C=O) groups excluding carboxylic acids is 2. The molecule has 1 saturated heterocycles. The van der Waals surface area contributed by atoms with Gasteiger partial charge in [0, 0.05) is 6.54 Å². The van der Waals surface area contributed by atoms with Crippen molar-refractivity contribution in [1.82, 2.24) is 5.32 Å². The predicted molar refractivity (Wildman–Crippen MR) is 62.4 cm³/mol. The van der Waals surface area contributed by atoms with Crippen molar-refractivity contribution in [2.24, 2.45) is 0 Å². The first-order valence-electron chi connectivity index (χ1n) is 6.21. The molecule has 0 bridgehead atoms. The Bertz CT molecular complexity index is 267. The summed E-state index contributed by atoms with van der Waals surface area (Å²) >= 11 is 0. The van der Waals surface area contributed by atoms with Gasteiger partial charge in [-0.25, -0.2) is 4.79 Å². The van der Waals surface area contributed by atoms with Crippen LogP contribution in [0.1, 0.15) is 39.0 Å². The molecule has 17 heavy (non-hydrogen) atoms. The first-order valence-corrected chi connectivity index (χ1v) is 6.21. The predicted octanol–water partition coefficient (Wildman–Crippen LogP) is 1.01. The van der Waals surface area contributed by atoms with Crippen molar-refractivity contribution in [3.05, 3.63) is 0 Å². The second-order valence-corrected chi connectivity index (χ2v) is 4.21. The first kappa shape index (κ1) is 14.0. The van der Waals surface area contributed by atoms with E-state index in [0.717, 1.165) is 12.8 Å². The summed E-state index contributed by atoms with van der Waals surface area (Å²) in [7, 11) is 1.28. The minimum Gasteiger partial charge on any atom is -0.467 e. The van der Waals surface area contributed by atoms with Crippen molar-refractivity contribution < 1.29 is 19.1 Å². The van der Waals surface area contributed by atoms with E-state index in [0.29, 0.717) is 6.54 Å². The van der Waals surface area contributed by atoms with Crippen molar-refractivity contribution in [1.29, 1.82) is 0 Å². The summed E-state index contributed by atoms with van der Waals surface area (Å²) in [5, 5.41) is 2.76. The number of nitrogens with one attached hydrogen (secondary N) is 1. The Morgan fingerprint density at radius 3 is 2.53 bits per heavy atom. The topological polar surface area (TPSA) is 67.9 Å². The van der Waals surface area contributed by atoms with Gasteiger partial charge >= 0.3 is 5.97 Å². The van der Waals surface area contributed by atoms with E-state index in [9.17, 15) is 9.59 Å². The maximum atomic E-state index is 11.5. The summed E-state index contributed by atoms with van der Waals surface area (Å²) in [5.74, 6) is -0.691. The molecule has 1 aliphatic heterocycles. The highest BCUT2D eigenvalue weighted by Crippen LogP contribution is 2.23. The lowest BCUT2D eigenvalue weighted by atomic mass is 10.1. The van der Waals surface area contributed by atoms with Crippen molar-refractivity contribution in [3.63, 3.8) is 0 Å². The van der Waals surface area contributed by atoms with Crippen molar-refractivity contribution in [2.45, 2.75) is 51.2 Å². The van der Waals surface area contributed by atoms with E-state index in [1.165, 1.54) is 26.4 Å². The van der Waals surface area contributed by atoms with Gasteiger partial charge in [-0.3, -0.25) is 4.79 Å². The lowest BCUT2D eigenvalue weighted by molar-refractivity contribution is -0.142. The average Bonchev–Trinajstić information content (AvgIpc) is 3.12. The quantitative estimate of drug-likeness (QED) is 0.392. The number of rotatable bonds is 8. The SMILES string of the molecule is CCCCCCCNC(=O)C1OC1C(=O)OC. The van der Waals surface area contributed by atoms with E-state index in [1.807, 2.05) is 0 Å². The second-order valence-electron chi connectivity index (χ2n) is 4.21. The molecule has 0 saturated carbocycles. The molecular formula is C12H21NO4. The van der Waals surface area contributed by atoms with Crippen LogP contribution in [-0.2, 0) is 19.1 Å². The van der Waals surface area contributed by atoms with Crippen molar-refractivity contribution >= 4 is 11.9 Å². The van der Waals surface area contributed by atoms with Gasteiger partial charge in [0.05, 0.1) is 7.11 Å². The molecule has 5 nitrogen and oxygen atoms in total. The van der Waals surface area contributed by atoms with Gasteiger partial charge < -0.3 is 14.8 Å². The van der Waals surface area contributed by atoms with E-state index in [2.05, 4.69) is 17.0 Å². The van der Waals surface area contributed by atoms with Crippen LogP contribution in [0.25, 0.3) is 0 Å². The second kappa shape index (κ2) is 7.27. The summed E-state index contributed by atoms with van der Waals surface area (Å²) in [6.45, 7) is 2.81. The summed E-state index contributed by atoms with van der Waals surface area (Å²) < 4.78 is 9.42. The van der Waals surface area contributed by atoms with Gasteiger partial charge in [-0.05, 0) is 6.42 Å². The van der Waals surface area contributed by atoms with Gasteiger partial charge in [0.15, 0.2) is 12.2 Å². The van der Waals surface area contributed by atoms with E-state index in [4.69, 9.17) is 4.74 Å². The van der Waals surface area contributed by atoms with Gasteiger partial charge in [0.1, 0.15) is 0 Å². The number of methoxy groups -OCH3 is 1.